The third kappa shape index (κ3) is 2.80. The molecule has 0 fully saturated rings. The van der Waals surface area contributed by atoms with Gasteiger partial charge in [0.05, 0.1) is 12.3 Å². The van der Waals surface area contributed by atoms with E-state index < -0.39 is 0 Å². The van der Waals surface area contributed by atoms with Crippen LogP contribution < -0.4 is 10.3 Å². The molecule has 0 unspecified atom stereocenters. The summed E-state index contributed by atoms with van der Waals surface area (Å²) in [6, 6.07) is 17.2. The molecule has 25 heavy (non-hydrogen) atoms. The number of hydrogen-bond donors (Lipinski definition) is 0. The molecular formula is C20H17N3O2. The van der Waals surface area contributed by atoms with Gasteiger partial charge in [0.15, 0.2) is 0 Å². The van der Waals surface area contributed by atoms with Crippen LogP contribution in [0.3, 0.4) is 0 Å². The third-order valence-electron chi connectivity index (χ3n) is 4.01. The summed E-state index contributed by atoms with van der Waals surface area (Å²) in [5.74, 6) is 0.821. The number of hydrogen-bond acceptors (Lipinski definition) is 3. The molecule has 0 atom stereocenters. The zero-order valence-corrected chi connectivity index (χ0v) is 13.8. The highest BCUT2D eigenvalue weighted by Gasteiger charge is 2.10. The number of imidazole rings is 1. The van der Waals surface area contributed by atoms with Crippen molar-refractivity contribution in [2.45, 2.75) is 6.92 Å². The first kappa shape index (κ1) is 15.2. The molecule has 124 valence electrons. The Kier molecular flexibility index (Phi) is 3.82. The molecule has 4 aromatic rings. The Balaban J connectivity index is 1.78. The van der Waals surface area contributed by atoms with E-state index in [0.717, 1.165) is 22.7 Å². The molecule has 5 heteroatoms. The minimum atomic E-state index is -0.147. The second-order valence-electron chi connectivity index (χ2n) is 5.62. The predicted octanol–water partition coefficient (Wildman–Crippen LogP) is 3.55. The van der Waals surface area contributed by atoms with Crippen LogP contribution in [0.15, 0.2) is 78.0 Å². The van der Waals surface area contributed by atoms with Gasteiger partial charge in [0.25, 0.3) is 5.56 Å². The Bertz CT molecular complexity index is 1060. The van der Waals surface area contributed by atoms with Crippen LogP contribution in [-0.4, -0.2) is 20.6 Å². The number of rotatable bonds is 4. The molecule has 2 heterocycles. The number of benzene rings is 2. The van der Waals surface area contributed by atoms with Crippen molar-refractivity contribution in [1.82, 2.24) is 14.0 Å². The largest absolute Gasteiger partial charge is 0.494 e. The van der Waals surface area contributed by atoms with Crippen LogP contribution in [0.25, 0.3) is 22.6 Å². The topological polar surface area (TPSA) is 48.5 Å². The molecule has 0 spiro atoms. The smallest absolute Gasteiger partial charge is 0.298 e. The van der Waals surface area contributed by atoms with Gasteiger partial charge in [-0.3, -0.25) is 9.36 Å². The molecule has 4 rings (SSSR count). The van der Waals surface area contributed by atoms with Crippen LogP contribution in [0.5, 0.6) is 5.75 Å². The fraction of sp³-hybridized carbons (Fsp3) is 0.100. The normalized spacial score (nSPS) is 10.9. The molecule has 0 bridgehead atoms. The maximum Gasteiger partial charge on any atom is 0.298 e. The van der Waals surface area contributed by atoms with E-state index in [-0.39, 0.29) is 5.56 Å². The van der Waals surface area contributed by atoms with Crippen molar-refractivity contribution in [3.63, 3.8) is 0 Å². The Morgan fingerprint density at radius 2 is 1.76 bits per heavy atom. The molecule has 5 nitrogen and oxygen atoms in total. The molecule has 0 N–H and O–H groups in total. The van der Waals surface area contributed by atoms with Crippen molar-refractivity contribution < 1.29 is 4.74 Å². The van der Waals surface area contributed by atoms with Gasteiger partial charge in [-0.25, -0.2) is 4.98 Å². The van der Waals surface area contributed by atoms with Crippen LogP contribution in [0.4, 0.5) is 0 Å². The van der Waals surface area contributed by atoms with E-state index in [4.69, 9.17) is 4.74 Å². The van der Waals surface area contributed by atoms with E-state index in [9.17, 15) is 4.79 Å². The van der Waals surface area contributed by atoms with Gasteiger partial charge in [-0.2, -0.15) is 0 Å². The minimum Gasteiger partial charge on any atom is -0.494 e. The van der Waals surface area contributed by atoms with E-state index in [1.54, 1.807) is 15.2 Å². The average molecular weight is 331 g/mol. The fourth-order valence-corrected chi connectivity index (χ4v) is 2.80. The molecule has 0 saturated heterocycles. The summed E-state index contributed by atoms with van der Waals surface area (Å²) in [7, 11) is 0. The lowest BCUT2D eigenvalue weighted by Gasteiger charge is -2.04. The monoisotopic (exact) mass is 331 g/mol. The molecule has 0 radical (unpaired) electrons. The van der Waals surface area contributed by atoms with Gasteiger partial charge < -0.3 is 9.14 Å². The average Bonchev–Trinajstić information content (AvgIpc) is 3.09. The van der Waals surface area contributed by atoms with Crippen LogP contribution in [0, 0.1) is 0 Å². The van der Waals surface area contributed by atoms with Crippen LogP contribution in [0.2, 0.25) is 0 Å². The molecule has 0 aliphatic rings. The molecule has 2 aromatic carbocycles. The number of ether oxygens (including phenoxy) is 1. The van der Waals surface area contributed by atoms with Gasteiger partial charge in [0, 0.05) is 29.8 Å². The molecule has 0 aliphatic heterocycles. The number of aromatic nitrogens is 3. The Labute approximate surface area is 144 Å². The fourth-order valence-electron chi connectivity index (χ4n) is 2.80. The first-order chi connectivity index (χ1) is 12.3. The highest BCUT2D eigenvalue weighted by molar-refractivity contribution is 5.63. The standard InChI is InChI=1S/C20H17N3O2/c1-2-25-17-10-8-15(9-11-17)18-14-22-12-13-23(20(24)19(22)21-18)16-6-4-3-5-7-16/h3-14H,2H2,1H3. The quantitative estimate of drug-likeness (QED) is 0.574. The maximum absolute atomic E-state index is 12.8. The van der Waals surface area contributed by atoms with E-state index in [1.165, 1.54) is 0 Å². The number of nitrogens with zero attached hydrogens (tertiary/aromatic N) is 3. The first-order valence-electron chi connectivity index (χ1n) is 8.15. The summed E-state index contributed by atoms with van der Waals surface area (Å²) >= 11 is 0. The summed E-state index contributed by atoms with van der Waals surface area (Å²) < 4.78 is 8.82. The van der Waals surface area contributed by atoms with Crippen molar-refractivity contribution in [2.75, 3.05) is 6.61 Å². The van der Waals surface area contributed by atoms with Crippen molar-refractivity contribution in [1.29, 1.82) is 0 Å². The third-order valence-corrected chi connectivity index (χ3v) is 4.01. The van der Waals surface area contributed by atoms with Gasteiger partial charge in [-0.15, -0.1) is 0 Å². The van der Waals surface area contributed by atoms with Crippen LogP contribution >= 0.6 is 0 Å². The van der Waals surface area contributed by atoms with E-state index in [1.807, 2.05) is 73.9 Å². The summed E-state index contributed by atoms with van der Waals surface area (Å²) in [5.41, 5.74) is 2.77. The van der Waals surface area contributed by atoms with Gasteiger partial charge in [-0.1, -0.05) is 18.2 Å². The Morgan fingerprint density at radius 1 is 1.00 bits per heavy atom. The van der Waals surface area contributed by atoms with E-state index in [0.29, 0.717) is 12.3 Å². The van der Waals surface area contributed by atoms with Gasteiger partial charge >= 0.3 is 0 Å². The first-order valence-corrected chi connectivity index (χ1v) is 8.15. The molecule has 0 saturated carbocycles. The highest BCUT2D eigenvalue weighted by Crippen LogP contribution is 2.21. The minimum absolute atomic E-state index is 0.147. The van der Waals surface area contributed by atoms with Crippen LogP contribution in [0.1, 0.15) is 6.92 Å². The lowest BCUT2D eigenvalue weighted by atomic mass is 10.2. The van der Waals surface area contributed by atoms with Gasteiger partial charge in [0.2, 0.25) is 5.65 Å². The van der Waals surface area contributed by atoms with Crippen LogP contribution in [-0.2, 0) is 0 Å². The van der Waals surface area contributed by atoms with Gasteiger partial charge in [0.1, 0.15) is 5.75 Å². The number of para-hydroxylation sites is 1. The summed E-state index contributed by atoms with van der Waals surface area (Å²) in [6.45, 7) is 2.58. The zero-order chi connectivity index (χ0) is 17.2. The van der Waals surface area contributed by atoms with E-state index in [2.05, 4.69) is 4.98 Å². The van der Waals surface area contributed by atoms with Crippen molar-refractivity contribution >= 4 is 5.65 Å². The SMILES string of the molecule is CCOc1ccc(-c2cn3ccn(-c4ccccc4)c(=O)c3n2)cc1. The maximum atomic E-state index is 12.8. The lowest BCUT2D eigenvalue weighted by molar-refractivity contribution is 0.340. The Hall–Kier alpha value is -3.34. The molecule has 0 aliphatic carbocycles. The van der Waals surface area contributed by atoms with Crippen molar-refractivity contribution in [3.8, 4) is 22.7 Å². The number of fused-ring (bicyclic) bond motifs is 1. The van der Waals surface area contributed by atoms with E-state index >= 15 is 0 Å². The van der Waals surface area contributed by atoms with Crippen molar-refractivity contribution in [3.05, 3.63) is 83.5 Å². The molecular weight excluding hydrogens is 314 g/mol. The second-order valence-corrected chi connectivity index (χ2v) is 5.62. The van der Waals surface area contributed by atoms with Crippen molar-refractivity contribution in [2.24, 2.45) is 0 Å². The highest BCUT2D eigenvalue weighted by atomic mass is 16.5. The van der Waals surface area contributed by atoms with Gasteiger partial charge in [-0.05, 0) is 43.3 Å². The lowest BCUT2D eigenvalue weighted by Crippen LogP contribution is -2.19. The summed E-state index contributed by atoms with van der Waals surface area (Å²) in [5, 5.41) is 0. The molecule has 0 amide bonds. The summed E-state index contributed by atoms with van der Waals surface area (Å²) in [4.78, 5) is 17.3. The summed E-state index contributed by atoms with van der Waals surface area (Å²) in [6.07, 6.45) is 5.46. The second kappa shape index (κ2) is 6.28. The Morgan fingerprint density at radius 3 is 2.48 bits per heavy atom. The predicted molar refractivity (Wildman–Crippen MR) is 97.4 cm³/mol. The molecule has 2 aromatic heterocycles. The zero-order valence-electron chi connectivity index (χ0n) is 13.8.